The van der Waals surface area contributed by atoms with Gasteiger partial charge in [0.05, 0.1) is 21.2 Å². The highest BCUT2D eigenvalue weighted by Gasteiger charge is 2.20. The molecule has 5 heteroatoms. The number of methoxy groups -OCH3 is 1. The van der Waals surface area contributed by atoms with Crippen molar-refractivity contribution in [2.45, 2.75) is 6.92 Å². The minimum absolute atomic E-state index is 0.266. The van der Waals surface area contributed by atoms with Crippen molar-refractivity contribution in [1.82, 2.24) is 0 Å². The summed E-state index contributed by atoms with van der Waals surface area (Å²) in [6.45, 7) is 2.55. The topological polar surface area (TPSA) is 52.6 Å². The molecule has 0 unspecified atom stereocenters. The Morgan fingerprint density at radius 1 is 1.29 bits per heavy atom. The Hall–Kier alpha value is -1.10. The molecule has 0 aliphatic rings. The van der Waals surface area contributed by atoms with E-state index in [9.17, 15) is 9.59 Å². The molecule has 0 aromatic rings. The average molecular weight is 204 g/mol. The lowest BCUT2D eigenvalue weighted by Crippen LogP contribution is -2.46. The number of ether oxygens (including phenoxy) is 2. The van der Waals surface area contributed by atoms with E-state index in [2.05, 4.69) is 4.74 Å². The molecule has 5 nitrogen and oxygen atoms in total. The molecule has 0 heterocycles. The predicted octanol–water partition coefficient (Wildman–Crippen LogP) is -0.201. The van der Waals surface area contributed by atoms with E-state index >= 15 is 0 Å². The fraction of sp³-hybridized carbons (Fsp3) is 0.778. The minimum atomic E-state index is -0.303. The molecule has 0 aromatic heterocycles. The van der Waals surface area contributed by atoms with Crippen molar-refractivity contribution in [1.29, 1.82) is 0 Å². The van der Waals surface area contributed by atoms with Crippen molar-refractivity contribution < 1.29 is 23.5 Å². The van der Waals surface area contributed by atoms with E-state index in [0.29, 0.717) is 17.6 Å². The standard InChI is InChI=1S/C9H18NO4/c1-8(11)14-6-5-10(2,3)7-9(12)13-4/h5-7H2,1-4H3/q+1. The molecule has 82 valence electrons. The molecule has 0 bridgehead atoms. The molecule has 0 radical (unpaired) electrons. The van der Waals surface area contributed by atoms with Gasteiger partial charge in [-0.15, -0.1) is 0 Å². The molecule has 14 heavy (non-hydrogen) atoms. The van der Waals surface area contributed by atoms with Crippen LogP contribution in [-0.2, 0) is 19.1 Å². The molecule has 0 fully saturated rings. The Bertz CT molecular complexity index is 213. The lowest BCUT2D eigenvalue weighted by Gasteiger charge is -2.27. The van der Waals surface area contributed by atoms with Gasteiger partial charge in [0.25, 0.3) is 0 Å². The number of hydrogen-bond acceptors (Lipinski definition) is 4. The number of likely N-dealkylation sites (N-methyl/N-ethyl adjacent to an activating group) is 1. The first kappa shape index (κ1) is 12.9. The molecule has 0 aliphatic heterocycles. The maximum absolute atomic E-state index is 11.0. The van der Waals surface area contributed by atoms with E-state index in [1.165, 1.54) is 14.0 Å². The van der Waals surface area contributed by atoms with Gasteiger partial charge in [-0.25, -0.2) is 4.79 Å². The van der Waals surface area contributed by atoms with Crippen LogP contribution in [0.25, 0.3) is 0 Å². The van der Waals surface area contributed by atoms with Crippen LogP contribution in [0.4, 0.5) is 0 Å². The Labute approximate surface area is 84.2 Å². The van der Waals surface area contributed by atoms with Crippen LogP contribution in [-0.4, -0.2) is 57.3 Å². The second kappa shape index (κ2) is 5.59. The van der Waals surface area contributed by atoms with Crippen LogP contribution in [0.15, 0.2) is 0 Å². The first-order valence-electron chi connectivity index (χ1n) is 4.39. The lowest BCUT2D eigenvalue weighted by molar-refractivity contribution is -0.883. The third-order valence-electron chi connectivity index (χ3n) is 1.79. The second-order valence-electron chi connectivity index (χ2n) is 3.73. The van der Waals surface area contributed by atoms with Crippen LogP contribution < -0.4 is 0 Å². The number of carbonyl (C=O) groups is 2. The van der Waals surface area contributed by atoms with Crippen LogP contribution >= 0.6 is 0 Å². The molecule has 0 saturated carbocycles. The number of hydrogen-bond donors (Lipinski definition) is 0. The van der Waals surface area contributed by atoms with E-state index < -0.39 is 0 Å². The third kappa shape index (κ3) is 6.42. The lowest BCUT2D eigenvalue weighted by atomic mass is 10.4. The summed E-state index contributed by atoms with van der Waals surface area (Å²) in [6, 6.07) is 0. The summed E-state index contributed by atoms with van der Waals surface area (Å²) in [5, 5.41) is 0. The Morgan fingerprint density at radius 2 is 1.86 bits per heavy atom. The summed E-state index contributed by atoms with van der Waals surface area (Å²) in [6.07, 6.45) is 0. The van der Waals surface area contributed by atoms with E-state index in [0.717, 1.165) is 0 Å². The van der Waals surface area contributed by atoms with E-state index in [1.54, 1.807) is 0 Å². The molecule has 0 atom stereocenters. The van der Waals surface area contributed by atoms with Crippen LogP contribution in [0.5, 0.6) is 0 Å². The molecule has 0 rings (SSSR count). The van der Waals surface area contributed by atoms with Gasteiger partial charge in [0.2, 0.25) is 0 Å². The number of carbonyl (C=O) groups excluding carboxylic acids is 2. The zero-order chi connectivity index (χ0) is 11.2. The largest absolute Gasteiger partial charge is 0.465 e. The molecular formula is C9H18NO4+. The van der Waals surface area contributed by atoms with Crippen LogP contribution in [0, 0.1) is 0 Å². The Kier molecular flexibility index (Phi) is 5.15. The van der Waals surface area contributed by atoms with Crippen molar-refractivity contribution in [3.8, 4) is 0 Å². The van der Waals surface area contributed by atoms with Gasteiger partial charge < -0.3 is 14.0 Å². The average Bonchev–Trinajstić information content (AvgIpc) is 2.02. The van der Waals surface area contributed by atoms with E-state index in [1.807, 2.05) is 14.1 Å². The van der Waals surface area contributed by atoms with Crippen molar-refractivity contribution in [2.75, 3.05) is 40.9 Å². The number of rotatable bonds is 5. The summed E-state index contributed by atoms with van der Waals surface area (Å²) in [7, 11) is 5.11. The molecule has 0 aromatic carbocycles. The second-order valence-corrected chi connectivity index (χ2v) is 3.73. The summed E-state index contributed by atoms with van der Waals surface area (Å²) in [5.74, 6) is -0.569. The SMILES string of the molecule is COC(=O)C[N+](C)(C)CCOC(C)=O. The highest BCUT2D eigenvalue weighted by atomic mass is 16.5. The maximum atomic E-state index is 11.0. The quantitative estimate of drug-likeness (QED) is 0.459. The first-order chi connectivity index (χ1) is 6.37. The van der Waals surface area contributed by atoms with Crippen LogP contribution in [0.2, 0.25) is 0 Å². The summed E-state index contributed by atoms with van der Waals surface area (Å²) in [4.78, 5) is 21.5. The van der Waals surface area contributed by atoms with Gasteiger partial charge >= 0.3 is 11.9 Å². The van der Waals surface area contributed by atoms with E-state index in [-0.39, 0.29) is 18.5 Å². The van der Waals surface area contributed by atoms with Crippen molar-refractivity contribution in [3.05, 3.63) is 0 Å². The fourth-order valence-corrected chi connectivity index (χ4v) is 0.930. The van der Waals surface area contributed by atoms with Gasteiger partial charge in [-0.3, -0.25) is 4.79 Å². The molecule has 0 spiro atoms. The normalized spacial score (nSPS) is 10.9. The monoisotopic (exact) mass is 204 g/mol. The summed E-state index contributed by atoms with van der Waals surface area (Å²) < 4.78 is 9.78. The Morgan fingerprint density at radius 3 is 2.29 bits per heavy atom. The van der Waals surface area contributed by atoms with E-state index in [4.69, 9.17) is 4.74 Å². The Balaban J connectivity index is 3.82. The maximum Gasteiger partial charge on any atom is 0.361 e. The zero-order valence-corrected chi connectivity index (χ0v) is 9.20. The number of nitrogens with zero attached hydrogens (tertiary/aromatic N) is 1. The fourth-order valence-electron chi connectivity index (χ4n) is 0.930. The van der Waals surface area contributed by atoms with Gasteiger partial charge in [-0.1, -0.05) is 0 Å². The van der Waals surface area contributed by atoms with Crippen molar-refractivity contribution in [3.63, 3.8) is 0 Å². The van der Waals surface area contributed by atoms with Crippen molar-refractivity contribution in [2.24, 2.45) is 0 Å². The molecule has 0 amide bonds. The molecule has 0 aliphatic carbocycles. The van der Waals surface area contributed by atoms with Gasteiger partial charge in [-0.2, -0.15) is 0 Å². The van der Waals surface area contributed by atoms with Crippen LogP contribution in [0.3, 0.4) is 0 Å². The zero-order valence-electron chi connectivity index (χ0n) is 9.20. The van der Waals surface area contributed by atoms with Crippen LogP contribution in [0.1, 0.15) is 6.92 Å². The van der Waals surface area contributed by atoms with Gasteiger partial charge in [0, 0.05) is 6.92 Å². The highest BCUT2D eigenvalue weighted by Crippen LogP contribution is 1.97. The van der Waals surface area contributed by atoms with Gasteiger partial charge in [0.1, 0.15) is 13.2 Å². The first-order valence-corrected chi connectivity index (χ1v) is 4.39. The highest BCUT2D eigenvalue weighted by molar-refractivity contribution is 5.70. The number of quaternary nitrogens is 1. The predicted molar refractivity (Wildman–Crippen MR) is 50.5 cm³/mol. The summed E-state index contributed by atoms with van der Waals surface area (Å²) in [5.41, 5.74) is 0. The minimum Gasteiger partial charge on any atom is -0.465 e. The number of esters is 2. The molecule has 0 saturated heterocycles. The van der Waals surface area contributed by atoms with Gasteiger partial charge in [0.15, 0.2) is 6.54 Å². The summed E-state index contributed by atoms with van der Waals surface area (Å²) >= 11 is 0. The third-order valence-corrected chi connectivity index (χ3v) is 1.79. The smallest absolute Gasteiger partial charge is 0.361 e. The molecule has 0 N–H and O–H groups in total. The molecular weight excluding hydrogens is 186 g/mol. The van der Waals surface area contributed by atoms with Gasteiger partial charge in [-0.05, 0) is 0 Å². The van der Waals surface area contributed by atoms with Crippen molar-refractivity contribution >= 4 is 11.9 Å².